The van der Waals surface area contributed by atoms with Crippen molar-refractivity contribution in [2.75, 3.05) is 14.2 Å². The smallest absolute Gasteiger partial charge is 0.127 e. The fourth-order valence-electron chi connectivity index (χ4n) is 2.00. The van der Waals surface area contributed by atoms with Gasteiger partial charge in [0.2, 0.25) is 0 Å². The molecule has 0 saturated carbocycles. The van der Waals surface area contributed by atoms with Crippen LogP contribution in [0.1, 0.15) is 17.2 Å². The first-order valence-electron chi connectivity index (χ1n) is 5.99. The van der Waals surface area contributed by atoms with Crippen LogP contribution in [0.2, 0.25) is 5.02 Å². The predicted octanol–water partition coefficient (Wildman–Crippen LogP) is 4.17. The van der Waals surface area contributed by atoms with Crippen molar-refractivity contribution in [3.63, 3.8) is 0 Å². The Morgan fingerprint density at radius 1 is 1.05 bits per heavy atom. The maximum Gasteiger partial charge on any atom is 0.127 e. The number of nitrogens with two attached hydrogens (primary N) is 1. The van der Waals surface area contributed by atoms with E-state index in [1.807, 2.05) is 36.4 Å². The molecule has 0 aliphatic carbocycles. The number of ether oxygens (including phenoxy) is 2. The zero-order chi connectivity index (χ0) is 14.7. The molecule has 0 heterocycles. The minimum Gasteiger partial charge on any atom is -0.497 e. The van der Waals surface area contributed by atoms with Crippen LogP contribution >= 0.6 is 27.5 Å². The molecule has 0 aromatic heterocycles. The van der Waals surface area contributed by atoms with Crippen LogP contribution in [-0.2, 0) is 0 Å². The third-order valence-electron chi connectivity index (χ3n) is 3.07. The van der Waals surface area contributed by atoms with E-state index in [2.05, 4.69) is 15.9 Å². The molecule has 0 saturated heterocycles. The van der Waals surface area contributed by atoms with Gasteiger partial charge < -0.3 is 15.2 Å². The predicted molar refractivity (Wildman–Crippen MR) is 84.7 cm³/mol. The van der Waals surface area contributed by atoms with E-state index in [4.69, 9.17) is 26.8 Å². The lowest BCUT2D eigenvalue weighted by Crippen LogP contribution is -2.13. The SMILES string of the molecule is COc1ccc(C(N)c2cc(Cl)ccc2Br)c(OC)c1. The molecule has 1 atom stereocenters. The molecular formula is C15H15BrClNO2. The second-order valence-electron chi connectivity index (χ2n) is 4.25. The van der Waals surface area contributed by atoms with Crippen molar-refractivity contribution >= 4 is 27.5 Å². The van der Waals surface area contributed by atoms with Gasteiger partial charge in [-0.3, -0.25) is 0 Å². The van der Waals surface area contributed by atoms with Gasteiger partial charge in [-0.2, -0.15) is 0 Å². The maximum absolute atomic E-state index is 6.34. The first-order chi connectivity index (χ1) is 9.56. The molecule has 0 aliphatic heterocycles. The Hall–Kier alpha value is -1.23. The van der Waals surface area contributed by atoms with Crippen molar-refractivity contribution in [3.8, 4) is 11.5 Å². The molecule has 2 rings (SSSR count). The Labute approximate surface area is 131 Å². The molecule has 2 aromatic carbocycles. The van der Waals surface area contributed by atoms with Gasteiger partial charge in [-0.15, -0.1) is 0 Å². The zero-order valence-corrected chi connectivity index (χ0v) is 13.5. The Kier molecular flexibility index (Phi) is 4.91. The number of hydrogen-bond donors (Lipinski definition) is 1. The molecule has 2 N–H and O–H groups in total. The first-order valence-corrected chi connectivity index (χ1v) is 7.16. The van der Waals surface area contributed by atoms with Gasteiger partial charge >= 0.3 is 0 Å². The largest absolute Gasteiger partial charge is 0.497 e. The fraction of sp³-hybridized carbons (Fsp3) is 0.200. The lowest BCUT2D eigenvalue weighted by molar-refractivity contribution is 0.390. The number of benzene rings is 2. The van der Waals surface area contributed by atoms with Gasteiger partial charge in [0, 0.05) is 21.1 Å². The molecule has 1 unspecified atom stereocenters. The van der Waals surface area contributed by atoms with Crippen molar-refractivity contribution in [2.45, 2.75) is 6.04 Å². The van der Waals surface area contributed by atoms with E-state index < -0.39 is 0 Å². The summed E-state index contributed by atoms with van der Waals surface area (Å²) < 4.78 is 11.5. The van der Waals surface area contributed by atoms with Gasteiger partial charge in [-0.25, -0.2) is 0 Å². The average molecular weight is 357 g/mol. The second kappa shape index (κ2) is 6.48. The van der Waals surface area contributed by atoms with Gasteiger partial charge in [-0.1, -0.05) is 27.5 Å². The highest BCUT2D eigenvalue weighted by atomic mass is 79.9. The van der Waals surface area contributed by atoms with Crippen LogP contribution in [0.25, 0.3) is 0 Å². The molecule has 2 aromatic rings. The lowest BCUT2D eigenvalue weighted by atomic mass is 9.98. The van der Waals surface area contributed by atoms with Crippen molar-refractivity contribution in [2.24, 2.45) is 5.73 Å². The standard InChI is InChI=1S/C15H15BrClNO2/c1-19-10-4-5-11(14(8-10)20-2)15(18)12-7-9(17)3-6-13(12)16/h3-8,15H,18H2,1-2H3. The summed E-state index contributed by atoms with van der Waals surface area (Å²) in [6.45, 7) is 0. The summed E-state index contributed by atoms with van der Waals surface area (Å²) in [6.07, 6.45) is 0. The fourth-order valence-corrected chi connectivity index (χ4v) is 2.67. The number of halogens is 2. The summed E-state index contributed by atoms with van der Waals surface area (Å²) in [6, 6.07) is 10.8. The van der Waals surface area contributed by atoms with Crippen LogP contribution in [0.15, 0.2) is 40.9 Å². The topological polar surface area (TPSA) is 44.5 Å². The van der Waals surface area contributed by atoms with Crippen molar-refractivity contribution in [1.29, 1.82) is 0 Å². The van der Waals surface area contributed by atoms with E-state index in [-0.39, 0.29) is 6.04 Å². The second-order valence-corrected chi connectivity index (χ2v) is 5.54. The molecule has 0 spiro atoms. The molecule has 5 heteroatoms. The van der Waals surface area contributed by atoms with E-state index >= 15 is 0 Å². The summed E-state index contributed by atoms with van der Waals surface area (Å²) in [5.41, 5.74) is 8.12. The molecule has 0 fully saturated rings. The summed E-state index contributed by atoms with van der Waals surface area (Å²) in [7, 11) is 3.22. The molecule has 0 radical (unpaired) electrons. The Balaban J connectivity index is 2.47. The monoisotopic (exact) mass is 355 g/mol. The molecule has 0 aliphatic rings. The quantitative estimate of drug-likeness (QED) is 0.894. The van der Waals surface area contributed by atoms with Gasteiger partial charge in [0.25, 0.3) is 0 Å². The minimum absolute atomic E-state index is 0.344. The van der Waals surface area contributed by atoms with Gasteiger partial charge in [-0.05, 0) is 35.9 Å². The van der Waals surface area contributed by atoms with Crippen molar-refractivity contribution < 1.29 is 9.47 Å². The minimum atomic E-state index is -0.344. The highest BCUT2D eigenvalue weighted by molar-refractivity contribution is 9.10. The van der Waals surface area contributed by atoms with Crippen molar-refractivity contribution in [1.82, 2.24) is 0 Å². The normalized spacial score (nSPS) is 12.1. The van der Waals surface area contributed by atoms with Gasteiger partial charge in [0.1, 0.15) is 11.5 Å². The summed E-state index contributed by atoms with van der Waals surface area (Å²) in [5, 5.41) is 0.645. The summed E-state index contributed by atoms with van der Waals surface area (Å²) in [5.74, 6) is 1.41. The molecule has 0 bridgehead atoms. The van der Waals surface area contributed by atoms with Crippen LogP contribution in [0.3, 0.4) is 0 Å². The number of methoxy groups -OCH3 is 2. The van der Waals surface area contributed by atoms with Crippen LogP contribution in [0.5, 0.6) is 11.5 Å². The highest BCUT2D eigenvalue weighted by Gasteiger charge is 2.17. The van der Waals surface area contributed by atoms with Gasteiger partial charge in [0.15, 0.2) is 0 Å². The van der Waals surface area contributed by atoms with E-state index in [1.165, 1.54) is 0 Å². The molecule has 3 nitrogen and oxygen atoms in total. The number of hydrogen-bond acceptors (Lipinski definition) is 3. The Morgan fingerprint density at radius 3 is 2.45 bits per heavy atom. The molecule has 20 heavy (non-hydrogen) atoms. The van der Waals surface area contributed by atoms with Crippen LogP contribution in [0, 0.1) is 0 Å². The average Bonchev–Trinajstić information content (AvgIpc) is 2.48. The van der Waals surface area contributed by atoms with Crippen molar-refractivity contribution in [3.05, 3.63) is 57.0 Å². The van der Waals surface area contributed by atoms with Crippen LogP contribution in [0.4, 0.5) is 0 Å². The maximum atomic E-state index is 6.34. The number of rotatable bonds is 4. The lowest BCUT2D eigenvalue weighted by Gasteiger charge is -2.18. The van der Waals surface area contributed by atoms with E-state index in [9.17, 15) is 0 Å². The Bertz CT molecular complexity index is 619. The van der Waals surface area contributed by atoms with Crippen LogP contribution < -0.4 is 15.2 Å². The van der Waals surface area contributed by atoms with E-state index in [0.29, 0.717) is 10.8 Å². The first kappa shape index (κ1) is 15.2. The zero-order valence-electron chi connectivity index (χ0n) is 11.2. The summed E-state index contributed by atoms with van der Waals surface area (Å²) >= 11 is 9.54. The highest BCUT2D eigenvalue weighted by Crippen LogP contribution is 2.35. The molecule has 106 valence electrons. The third kappa shape index (κ3) is 3.08. The van der Waals surface area contributed by atoms with E-state index in [0.717, 1.165) is 21.3 Å². The van der Waals surface area contributed by atoms with Gasteiger partial charge in [0.05, 0.1) is 20.3 Å². The van der Waals surface area contributed by atoms with E-state index in [1.54, 1.807) is 14.2 Å². The molecule has 0 amide bonds. The summed E-state index contributed by atoms with van der Waals surface area (Å²) in [4.78, 5) is 0. The molecular weight excluding hydrogens is 342 g/mol. The third-order valence-corrected chi connectivity index (χ3v) is 4.03. The Morgan fingerprint density at radius 2 is 1.80 bits per heavy atom. The van der Waals surface area contributed by atoms with Crippen LogP contribution in [-0.4, -0.2) is 14.2 Å².